The summed E-state index contributed by atoms with van der Waals surface area (Å²) in [4.78, 5) is 17.7. The van der Waals surface area contributed by atoms with Gasteiger partial charge >= 0.3 is 0 Å². The Labute approximate surface area is 229 Å². The van der Waals surface area contributed by atoms with E-state index in [9.17, 15) is 23.8 Å². The lowest BCUT2D eigenvalue weighted by atomic mass is 9.90. The maximum atomic E-state index is 14.2. The molecule has 39 heavy (non-hydrogen) atoms. The number of anilines is 1. The van der Waals surface area contributed by atoms with E-state index in [4.69, 9.17) is 16.3 Å². The highest BCUT2D eigenvalue weighted by Gasteiger charge is 2.52. The zero-order valence-corrected chi connectivity index (χ0v) is 22.9. The number of fused-ring (bicyclic) bond motifs is 1. The van der Waals surface area contributed by atoms with Crippen molar-refractivity contribution in [1.82, 2.24) is 19.3 Å². The lowest BCUT2D eigenvalue weighted by Crippen LogP contribution is -2.36. The summed E-state index contributed by atoms with van der Waals surface area (Å²) >= 11 is 5.86. The second-order valence-electron chi connectivity index (χ2n) is 11.4. The normalized spacial score (nSPS) is 25.5. The molecule has 2 saturated carbocycles. The minimum absolute atomic E-state index is 0.00272. The SMILES string of the molecule is Cn1cnc(C2CC3CC(O)(c4cc(OC(F)C(C)(C)O)nn4C)CC3C2)c1C(=O)Nc1ccc(F)c(Cl)c1. The standard InChI is InChI=1S/C27H32ClF2N5O4/c1-26(2,37)25(30)39-21-10-20(35(4)33-21)27(38)11-15-7-14(8-16(15)12-27)22-23(34(3)13-31-22)24(36)32-17-5-6-19(29)18(28)9-17/h5-6,9-10,13-16,25,37-38H,7-8,11-12H2,1-4H3,(H,32,36). The Morgan fingerprint density at radius 2 is 1.92 bits per heavy atom. The van der Waals surface area contributed by atoms with E-state index < -0.39 is 23.4 Å². The zero-order chi connectivity index (χ0) is 28.3. The number of aryl methyl sites for hydroxylation is 2. The molecule has 0 aliphatic heterocycles. The van der Waals surface area contributed by atoms with Gasteiger partial charge in [0.15, 0.2) is 0 Å². The van der Waals surface area contributed by atoms with Crippen LogP contribution in [0.25, 0.3) is 0 Å². The number of nitrogens with one attached hydrogen (secondary N) is 1. The smallest absolute Gasteiger partial charge is 0.274 e. The van der Waals surface area contributed by atoms with Gasteiger partial charge in [-0.3, -0.25) is 9.48 Å². The molecule has 2 aromatic heterocycles. The van der Waals surface area contributed by atoms with Gasteiger partial charge in [0.05, 0.1) is 22.7 Å². The minimum atomic E-state index is -1.97. The Hall–Kier alpha value is -3.02. The molecule has 2 heterocycles. The van der Waals surface area contributed by atoms with E-state index in [0.29, 0.717) is 35.6 Å². The van der Waals surface area contributed by atoms with Crippen molar-refractivity contribution in [3.05, 3.63) is 58.5 Å². The van der Waals surface area contributed by atoms with Crippen molar-refractivity contribution in [2.24, 2.45) is 25.9 Å². The van der Waals surface area contributed by atoms with Crippen LogP contribution >= 0.6 is 11.6 Å². The summed E-state index contributed by atoms with van der Waals surface area (Å²) in [6.07, 6.45) is 2.11. The summed E-state index contributed by atoms with van der Waals surface area (Å²) in [6.45, 7) is 2.61. The summed E-state index contributed by atoms with van der Waals surface area (Å²) in [5.41, 5.74) is -0.817. The number of hydrogen-bond donors (Lipinski definition) is 3. The summed E-state index contributed by atoms with van der Waals surface area (Å²) < 4.78 is 36.1. The largest absolute Gasteiger partial charge is 0.439 e. The number of halogens is 3. The Morgan fingerprint density at radius 3 is 2.54 bits per heavy atom. The van der Waals surface area contributed by atoms with E-state index in [1.807, 2.05) is 0 Å². The highest BCUT2D eigenvalue weighted by molar-refractivity contribution is 6.31. The van der Waals surface area contributed by atoms with Crippen LogP contribution in [-0.2, 0) is 19.7 Å². The van der Waals surface area contributed by atoms with Crippen molar-refractivity contribution < 1.29 is 28.5 Å². The predicted molar refractivity (Wildman–Crippen MR) is 140 cm³/mol. The monoisotopic (exact) mass is 563 g/mol. The van der Waals surface area contributed by atoms with Crippen LogP contribution in [0.4, 0.5) is 14.5 Å². The third-order valence-corrected chi connectivity index (χ3v) is 8.19. The van der Waals surface area contributed by atoms with E-state index in [1.54, 1.807) is 25.0 Å². The molecule has 2 aliphatic rings. The maximum absolute atomic E-state index is 14.2. The van der Waals surface area contributed by atoms with Gasteiger partial charge in [-0.25, -0.2) is 9.37 Å². The first-order chi connectivity index (χ1) is 18.2. The number of benzene rings is 1. The van der Waals surface area contributed by atoms with E-state index in [-0.39, 0.29) is 34.6 Å². The van der Waals surface area contributed by atoms with Crippen molar-refractivity contribution in [3.63, 3.8) is 0 Å². The highest BCUT2D eigenvalue weighted by Crippen LogP contribution is 2.57. The van der Waals surface area contributed by atoms with Crippen LogP contribution < -0.4 is 10.1 Å². The number of amides is 1. The zero-order valence-electron chi connectivity index (χ0n) is 22.2. The summed E-state index contributed by atoms with van der Waals surface area (Å²) in [7, 11) is 3.42. The Morgan fingerprint density at radius 1 is 1.26 bits per heavy atom. The van der Waals surface area contributed by atoms with Gasteiger partial charge < -0.3 is 24.8 Å². The van der Waals surface area contributed by atoms with Crippen LogP contribution in [-0.4, -0.2) is 47.4 Å². The van der Waals surface area contributed by atoms with Gasteiger partial charge in [-0.2, -0.15) is 4.39 Å². The lowest BCUT2D eigenvalue weighted by Gasteiger charge is -2.24. The van der Waals surface area contributed by atoms with Crippen LogP contribution in [0.1, 0.15) is 67.3 Å². The average molecular weight is 564 g/mol. The first-order valence-corrected chi connectivity index (χ1v) is 13.2. The lowest BCUT2D eigenvalue weighted by molar-refractivity contribution is -0.104. The molecular weight excluding hydrogens is 532 g/mol. The number of hydrogen-bond acceptors (Lipinski definition) is 6. The Balaban J connectivity index is 1.28. The van der Waals surface area contributed by atoms with Crippen LogP contribution in [0.5, 0.6) is 5.88 Å². The first kappa shape index (κ1) is 27.5. The minimum Gasteiger partial charge on any atom is -0.439 e. The topological polar surface area (TPSA) is 114 Å². The van der Waals surface area contributed by atoms with Crippen LogP contribution in [0.15, 0.2) is 30.6 Å². The molecule has 0 spiro atoms. The van der Waals surface area contributed by atoms with Gasteiger partial charge in [0.2, 0.25) is 5.88 Å². The van der Waals surface area contributed by atoms with Crippen molar-refractivity contribution in [2.45, 2.75) is 63.0 Å². The second-order valence-corrected chi connectivity index (χ2v) is 11.8. The van der Waals surface area contributed by atoms with Gasteiger partial charge in [0.25, 0.3) is 12.3 Å². The number of aliphatic hydroxyl groups is 2. The number of aromatic nitrogens is 4. The van der Waals surface area contributed by atoms with Crippen molar-refractivity contribution in [1.29, 1.82) is 0 Å². The number of nitrogens with zero attached hydrogens (tertiary/aromatic N) is 4. The molecule has 1 aromatic carbocycles. The van der Waals surface area contributed by atoms with Crippen molar-refractivity contribution in [3.8, 4) is 5.88 Å². The van der Waals surface area contributed by atoms with Gasteiger partial charge in [-0.15, -0.1) is 5.10 Å². The third kappa shape index (κ3) is 5.27. The van der Waals surface area contributed by atoms with Crippen LogP contribution in [0, 0.1) is 17.7 Å². The Bertz CT molecular complexity index is 1390. The van der Waals surface area contributed by atoms with Crippen LogP contribution in [0.3, 0.4) is 0 Å². The molecule has 3 atom stereocenters. The number of ether oxygens (including phenoxy) is 1. The summed E-state index contributed by atoms with van der Waals surface area (Å²) in [6, 6.07) is 5.53. The Kier molecular flexibility index (Phi) is 6.97. The van der Waals surface area contributed by atoms with Crippen molar-refractivity contribution >= 4 is 23.2 Å². The van der Waals surface area contributed by atoms with Crippen LogP contribution in [0.2, 0.25) is 5.02 Å². The van der Waals surface area contributed by atoms with Gasteiger partial charge in [-0.1, -0.05) is 11.6 Å². The molecule has 3 N–H and O–H groups in total. The first-order valence-electron chi connectivity index (χ1n) is 12.8. The van der Waals surface area contributed by atoms with Gasteiger partial charge in [0.1, 0.15) is 22.7 Å². The molecule has 3 unspecified atom stereocenters. The number of carbonyl (C=O) groups is 1. The van der Waals surface area contributed by atoms with E-state index in [1.165, 1.54) is 42.8 Å². The molecule has 5 rings (SSSR count). The fourth-order valence-electron chi connectivity index (χ4n) is 6.07. The maximum Gasteiger partial charge on any atom is 0.274 e. The van der Waals surface area contributed by atoms with Gasteiger partial charge in [0, 0.05) is 31.8 Å². The molecule has 0 bridgehead atoms. The van der Waals surface area contributed by atoms with E-state index in [0.717, 1.165) is 12.8 Å². The molecule has 0 radical (unpaired) electrons. The number of rotatable bonds is 7. The molecule has 2 aliphatic carbocycles. The molecule has 9 nitrogen and oxygen atoms in total. The number of alkyl halides is 1. The molecule has 2 fully saturated rings. The van der Waals surface area contributed by atoms with Gasteiger partial charge in [-0.05, 0) is 69.6 Å². The average Bonchev–Trinajstić information content (AvgIpc) is 3.57. The molecule has 0 saturated heterocycles. The molecule has 1 amide bonds. The van der Waals surface area contributed by atoms with E-state index >= 15 is 0 Å². The second kappa shape index (κ2) is 9.87. The highest BCUT2D eigenvalue weighted by atomic mass is 35.5. The van der Waals surface area contributed by atoms with E-state index in [2.05, 4.69) is 15.4 Å². The fourth-order valence-corrected chi connectivity index (χ4v) is 6.25. The molecule has 210 valence electrons. The third-order valence-electron chi connectivity index (χ3n) is 7.90. The molecule has 3 aromatic rings. The summed E-state index contributed by atoms with van der Waals surface area (Å²) in [5, 5.41) is 28.3. The number of imidazole rings is 1. The molecular formula is C27H32ClF2N5O4. The summed E-state index contributed by atoms with van der Waals surface area (Å²) in [5.74, 6) is -0.508. The fraction of sp³-hybridized carbons (Fsp3) is 0.519. The number of carbonyl (C=O) groups excluding carboxylic acids is 1. The predicted octanol–water partition coefficient (Wildman–Crippen LogP) is 4.44. The quantitative estimate of drug-likeness (QED) is 0.392. The van der Waals surface area contributed by atoms with Crippen molar-refractivity contribution in [2.75, 3.05) is 5.32 Å². The molecule has 12 heteroatoms.